The van der Waals surface area contributed by atoms with Crippen molar-refractivity contribution in [3.8, 4) is 0 Å². The summed E-state index contributed by atoms with van der Waals surface area (Å²) in [6.07, 6.45) is 0.0251. The van der Waals surface area contributed by atoms with Crippen LogP contribution in [0.5, 0.6) is 0 Å². The fourth-order valence-corrected chi connectivity index (χ4v) is 9.28. The molecule has 4 saturated heterocycles. The van der Waals surface area contributed by atoms with E-state index in [1.807, 2.05) is 36.9 Å². The van der Waals surface area contributed by atoms with Crippen LogP contribution in [-0.4, -0.2) is 84.7 Å². The Bertz CT molecular complexity index is 1890. The third kappa shape index (κ3) is 9.56. The van der Waals surface area contributed by atoms with Crippen molar-refractivity contribution in [1.29, 1.82) is 0 Å². The molecule has 7 rings (SSSR count). The number of carbonyl (C=O) groups is 2. The van der Waals surface area contributed by atoms with Gasteiger partial charge in [-0.1, -0.05) is 13.0 Å². The fraction of sp³-hybridized carbons (Fsp3) is 0.550. The van der Waals surface area contributed by atoms with Crippen LogP contribution < -0.4 is 25.2 Å². The molecule has 16 heteroatoms. The molecule has 302 valence electrons. The second-order valence-electron chi connectivity index (χ2n) is 15.8. The molecule has 2 amide bonds. The Kier molecular flexibility index (Phi) is 12.4. The minimum Gasteiger partial charge on any atom is -0.369 e. The topological polar surface area (TPSA) is 106 Å². The zero-order valence-corrected chi connectivity index (χ0v) is 32.5. The molecule has 2 aromatic carbocycles. The van der Waals surface area contributed by atoms with Crippen molar-refractivity contribution in [3.05, 3.63) is 65.1 Å². The number of imide groups is 1. The molecule has 0 radical (unpaired) electrons. The largest absolute Gasteiger partial charge is 0.421 e. The van der Waals surface area contributed by atoms with E-state index in [1.54, 1.807) is 17.0 Å². The van der Waals surface area contributed by atoms with Crippen LogP contribution in [0.1, 0.15) is 74.5 Å². The van der Waals surface area contributed by atoms with Crippen LogP contribution >= 0.6 is 11.9 Å². The van der Waals surface area contributed by atoms with Gasteiger partial charge in [0, 0.05) is 62.5 Å². The number of nitrogens with one attached hydrogen (secondary N) is 3. The van der Waals surface area contributed by atoms with E-state index in [1.165, 1.54) is 18.0 Å². The van der Waals surface area contributed by atoms with E-state index in [2.05, 4.69) is 30.2 Å². The van der Waals surface area contributed by atoms with Crippen molar-refractivity contribution in [2.75, 3.05) is 60.9 Å². The molecule has 3 N–H and O–H groups in total. The molecule has 1 aromatic heterocycles. The van der Waals surface area contributed by atoms with Crippen molar-refractivity contribution < 1.29 is 31.5 Å². The van der Waals surface area contributed by atoms with Crippen LogP contribution in [0.25, 0.3) is 0 Å². The second-order valence-corrected chi connectivity index (χ2v) is 16.7. The predicted octanol–water partition coefficient (Wildman–Crippen LogP) is 7.37. The number of aryl methyl sites for hydroxylation is 1. The number of aromatic nitrogens is 2. The summed E-state index contributed by atoms with van der Waals surface area (Å²) < 4.78 is 75.6. The number of benzene rings is 2. The van der Waals surface area contributed by atoms with Crippen LogP contribution in [0, 0.1) is 24.6 Å². The van der Waals surface area contributed by atoms with Crippen LogP contribution in [0.15, 0.2) is 47.5 Å². The average molecular weight is 801 g/mol. The number of rotatable bonds is 10. The van der Waals surface area contributed by atoms with Gasteiger partial charge >= 0.3 is 6.18 Å². The molecular weight excluding hydrogens is 752 g/mol. The summed E-state index contributed by atoms with van der Waals surface area (Å²) in [6.45, 7) is 8.22. The van der Waals surface area contributed by atoms with Crippen molar-refractivity contribution in [1.82, 2.24) is 24.9 Å². The van der Waals surface area contributed by atoms with Gasteiger partial charge in [-0.3, -0.25) is 19.6 Å². The number of hydrogen-bond donors (Lipinski definition) is 3. The second kappa shape index (κ2) is 17.2. The molecule has 0 aliphatic carbocycles. The maximum Gasteiger partial charge on any atom is 0.421 e. The quantitative estimate of drug-likeness (QED) is 0.109. The number of halogens is 5. The predicted molar refractivity (Wildman–Crippen MR) is 207 cm³/mol. The SMILES string of the molecule is Cc1cc(SNC2CCN(CC3CCN(c4ccc(C5CCC(=O)NC5=O)cc4F)CC3)CC2F)ccc1Nc1ncc(C(F)(F)F)c(N2CCCC(C)C2)n1. The monoisotopic (exact) mass is 800 g/mol. The highest BCUT2D eigenvalue weighted by atomic mass is 32.2. The first-order valence-electron chi connectivity index (χ1n) is 19.5. The van der Waals surface area contributed by atoms with Gasteiger partial charge in [0.25, 0.3) is 0 Å². The minimum atomic E-state index is -4.56. The van der Waals surface area contributed by atoms with E-state index in [-0.39, 0.29) is 47.8 Å². The Labute approximate surface area is 328 Å². The molecule has 4 atom stereocenters. The molecule has 4 aliphatic heterocycles. The van der Waals surface area contributed by atoms with Crippen molar-refractivity contribution in [2.24, 2.45) is 11.8 Å². The normalized spacial score (nSPS) is 24.3. The summed E-state index contributed by atoms with van der Waals surface area (Å²) in [5, 5.41) is 5.43. The summed E-state index contributed by atoms with van der Waals surface area (Å²) in [5.74, 6) is -0.926. The van der Waals surface area contributed by atoms with E-state index in [9.17, 15) is 22.8 Å². The number of carbonyl (C=O) groups excluding carboxylic acids is 2. The highest BCUT2D eigenvalue weighted by Crippen LogP contribution is 2.38. The number of alkyl halides is 4. The first-order chi connectivity index (χ1) is 26.8. The van der Waals surface area contributed by atoms with E-state index >= 15 is 8.78 Å². The molecule has 4 aliphatic rings. The first kappa shape index (κ1) is 40.2. The zero-order valence-electron chi connectivity index (χ0n) is 31.7. The summed E-state index contributed by atoms with van der Waals surface area (Å²) >= 11 is 1.36. The number of hydrogen-bond acceptors (Lipinski definition) is 10. The Balaban J connectivity index is 0.866. The van der Waals surface area contributed by atoms with E-state index in [0.717, 1.165) is 55.4 Å². The van der Waals surface area contributed by atoms with Gasteiger partial charge in [0.15, 0.2) is 0 Å². The van der Waals surface area contributed by atoms with Crippen molar-refractivity contribution >= 4 is 46.9 Å². The number of nitrogens with zero attached hydrogens (tertiary/aromatic N) is 5. The van der Waals surface area contributed by atoms with Gasteiger partial charge in [-0.05, 0) is 117 Å². The molecule has 56 heavy (non-hydrogen) atoms. The summed E-state index contributed by atoms with van der Waals surface area (Å²) in [7, 11) is 0. The number of anilines is 4. The molecule has 5 heterocycles. The third-order valence-electron chi connectivity index (χ3n) is 11.5. The fourth-order valence-electron chi connectivity index (χ4n) is 8.36. The van der Waals surface area contributed by atoms with Crippen LogP contribution in [-0.2, 0) is 15.8 Å². The van der Waals surface area contributed by atoms with E-state index in [0.29, 0.717) is 68.4 Å². The lowest BCUT2D eigenvalue weighted by atomic mass is 9.90. The Morgan fingerprint density at radius 3 is 2.46 bits per heavy atom. The van der Waals surface area contributed by atoms with Crippen LogP contribution in [0.3, 0.4) is 0 Å². The van der Waals surface area contributed by atoms with Crippen LogP contribution in [0.2, 0.25) is 0 Å². The molecule has 0 bridgehead atoms. The summed E-state index contributed by atoms with van der Waals surface area (Å²) in [4.78, 5) is 38.9. The van der Waals surface area contributed by atoms with E-state index in [4.69, 9.17) is 0 Å². The lowest BCUT2D eigenvalue weighted by Gasteiger charge is -2.39. The highest BCUT2D eigenvalue weighted by molar-refractivity contribution is 7.97. The molecule has 10 nitrogen and oxygen atoms in total. The first-order valence-corrected chi connectivity index (χ1v) is 20.4. The Hall–Kier alpha value is -4.02. The number of amides is 2. The minimum absolute atomic E-state index is 0.0951. The van der Waals surface area contributed by atoms with Crippen molar-refractivity contribution in [2.45, 2.75) is 88.0 Å². The van der Waals surface area contributed by atoms with Crippen molar-refractivity contribution in [3.63, 3.8) is 0 Å². The Morgan fingerprint density at radius 1 is 0.964 bits per heavy atom. The van der Waals surface area contributed by atoms with Gasteiger partial charge in [-0.2, -0.15) is 18.2 Å². The smallest absolute Gasteiger partial charge is 0.369 e. The lowest BCUT2D eigenvalue weighted by Crippen LogP contribution is -2.51. The van der Waals surface area contributed by atoms with Gasteiger partial charge in [0.2, 0.25) is 17.8 Å². The number of piperidine rings is 4. The summed E-state index contributed by atoms with van der Waals surface area (Å²) in [5.41, 5.74) is 1.77. The molecule has 3 aromatic rings. The lowest BCUT2D eigenvalue weighted by molar-refractivity contribution is -0.138. The maximum absolute atomic E-state index is 15.5. The molecule has 0 saturated carbocycles. The summed E-state index contributed by atoms with van der Waals surface area (Å²) in [6, 6.07) is 10.2. The van der Waals surface area contributed by atoms with Gasteiger partial charge in [0.05, 0.1) is 17.6 Å². The van der Waals surface area contributed by atoms with Gasteiger partial charge in [0.1, 0.15) is 23.4 Å². The highest BCUT2D eigenvalue weighted by Gasteiger charge is 2.38. The van der Waals surface area contributed by atoms with E-state index < -0.39 is 23.8 Å². The molecule has 4 unspecified atom stereocenters. The maximum atomic E-state index is 15.5. The number of likely N-dealkylation sites (tertiary alicyclic amines) is 1. The Morgan fingerprint density at radius 2 is 1.77 bits per heavy atom. The van der Waals surface area contributed by atoms with Gasteiger partial charge in [-0.15, -0.1) is 0 Å². The van der Waals surface area contributed by atoms with Gasteiger partial charge < -0.3 is 20.0 Å². The standard InChI is InChI=1S/C40H49F5N8O2S/c1-24-4-3-14-53(21-24)37-30(40(43,44)45)20-46-39(49-37)47-33-8-6-28(18-25(33)2)56-50-34-13-15-51(23-32(34)42)22-26-11-16-52(17-12-26)35-9-5-27(19-31(35)41)29-7-10-36(54)48-38(29)55/h5-6,8-9,18-20,24,26,29,32,34,50H,3-4,7,10-17,21-23H2,1-2H3,(H,46,47,49)(H,48,54,55). The van der Waals surface area contributed by atoms with Gasteiger partial charge in [-0.25, -0.2) is 13.8 Å². The molecule has 0 spiro atoms. The third-order valence-corrected chi connectivity index (χ3v) is 12.4. The zero-order chi connectivity index (χ0) is 39.6. The molecule has 4 fully saturated rings. The average Bonchev–Trinajstić information content (AvgIpc) is 3.15. The van der Waals surface area contributed by atoms with Crippen LogP contribution in [0.4, 0.5) is 45.1 Å². The molecular formula is C40H49F5N8O2S.